The van der Waals surface area contributed by atoms with Crippen LogP contribution >= 0.6 is 11.3 Å². The van der Waals surface area contributed by atoms with Crippen LogP contribution < -0.4 is 5.32 Å². The van der Waals surface area contributed by atoms with Crippen LogP contribution in [0.3, 0.4) is 0 Å². The van der Waals surface area contributed by atoms with Crippen LogP contribution in [0.25, 0.3) is 11.3 Å². The quantitative estimate of drug-likeness (QED) is 0.703. The number of thiazole rings is 1. The molecule has 2 N–H and O–H groups in total. The molecule has 28 heavy (non-hydrogen) atoms. The fourth-order valence-corrected chi connectivity index (χ4v) is 5.38. The molecule has 0 saturated heterocycles. The average molecular weight is 397 g/mol. The van der Waals surface area contributed by atoms with E-state index >= 15 is 0 Å². The maximum absolute atomic E-state index is 12.9. The van der Waals surface area contributed by atoms with Crippen molar-refractivity contribution in [3.05, 3.63) is 46.9 Å². The van der Waals surface area contributed by atoms with Gasteiger partial charge < -0.3 is 10.4 Å². The number of fused-ring (bicyclic) bond motifs is 2. The Balaban J connectivity index is 1.52. The first kappa shape index (κ1) is 18.9. The van der Waals surface area contributed by atoms with E-state index in [2.05, 4.69) is 41.5 Å². The number of hydrogen-bond donors (Lipinski definition) is 2. The minimum absolute atomic E-state index is 0.0118. The van der Waals surface area contributed by atoms with Gasteiger partial charge in [-0.15, -0.1) is 11.3 Å². The van der Waals surface area contributed by atoms with Crippen LogP contribution in [0.15, 0.2) is 36.4 Å². The van der Waals surface area contributed by atoms with Crippen molar-refractivity contribution in [3.8, 4) is 11.3 Å². The SMILES string of the molecule is CCCc1ccc(-c2nc(NC(=O)[C@@H]3[C@@H](C(=O)O)[C@H]4C=C[C@H]3C4)sc2C)cc1. The molecule has 2 aromatic rings. The first-order valence-corrected chi connectivity index (χ1v) is 10.6. The first-order valence-electron chi connectivity index (χ1n) is 9.76. The van der Waals surface area contributed by atoms with E-state index in [-0.39, 0.29) is 17.7 Å². The summed E-state index contributed by atoms with van der Waals surface area (Å²) in [4.78, 5) is 30.1. The Morgan fingerprint density at radius 3 is 2.50 bits per heavy atom. The molecule has 1 aromatic carbocycles. The van der Waals surface area contributed by atoms with Crippen molar-refractivity contribution in [2.45, 2.75) is 33.1 Å². The van der Waals surface area contributed by atoms with Gasteiger partial charge in [0.15, 0.2) is 5.13 Å². The molecule has 0 aliphatic heterocycles. The van der Waals surface area contributed by atoms with Gasteiger partial charge in [-0.2, -0.15) is 0 Å². The van der Waals surface area contributed by atoms with Crippen molar-refractivity contribution < 1.29 is 14.7 Å². The van der Waals surface area contributed by atoms with Crippen LogP contribution in [-0.4, -0.2) is 22.0 Å². The highest BCUT2D eigenvalue weighted by Gasteiger charge is 2.51. The van der Waals surface area contributed by atoms with E-state index in [1.165, 1.54) is 16.9 Å². The Morgan fingerprint density at radius 1 is 1.18 bits per heavy atom. The predicted octanol–water partition coefficient (Wildman–Crippen LogP) is 4.53. The third-order valence-electron chi connectivity index (χ3n) is 5.84. The molecule has 1 fully saturated rings. The fourth-order valence-electron chi connectivity index (χ4n) is 4.54. The molecule has 2 bridgehead atoms. The molecule has 2 aliphatic carbocycles. The van der Waals surface area contributed by atoms with Gasteiger partial charge >= 0.3 is 5.97 Å². The number of rotatable bonds is 6. The van der Waals surface area contributed by atoms with Gasteiger partial charge in [-0.05, 0) is 37.2 Å². The third kappa shape index (κ3) is 3.37. The Morgan fingerprint density at radius 2 is 1.86 bits per heavy atom. The molecule has 0 unspecified atom stereocenters. The molecule has 4 rings (SSSR count). The highest BCUT2D eigenvalue weighted by atomic mass is 32.1. The summed E-state index contributed by atoms with van der Waals surface area (Å²) in [6.45, 7) is 4.15. The number of aryl methyl sites for hydroxylation is 2. The number of aromatic nitrogens is 1. The van der Waals surface area contributed by atoms with E-state index in [4.69, 9.17) is 0 Å². The number of carboxylic acids is 1. The van der Waals surface area contributed by atoms with Crippen molar-refractivity contribution in [2.24, 2.45) is 23.7 Å². The van der Waals surface area contributed by atoms with Crippen molar-refractivity contribution in [2.75, 3.05) is 5.32 Å². The number of benzene rings is 1. The van der Waals surface area contributed by atoms with E-state index < -0.39 is 17.8 Å². The van der Waals surface area contributed by atoms with Gasteiger partial charge in [-0.25, -0.2) is 4.98 Å². The molecule has 0 radical (unpaired) electrons. The first-order chi connectivity index (χ1) is 13.5. The molecule has 5 nitrogen and oxygen atoms in total. The monoisotopic (exact) mass is 396 g/mol. The van der Waals surface area contributed by atoms with E-state index in [0.29, 0.717) is 5.13 Å². The number of nitrogens with zero attached hydrogens (tertiary/aromatic N) is 1. The van der Waals surface area contributed by atoms with Gasteiger partial charge in [0.1, 0.15) is 0 Å². The molecule has 0 spiro atoms. The summed E-state index contributed by atoms with van der Waals surface area (Å²) >= 11 is 1.43. The number of amides is 1. The number of carbonyl (C=O) groups is 2. The van der Waals surface area contributed by atoms with E-state index in [1.54, 1.807) is 0 Å². The smallest absolute Gasteiger partial charge is 0.307 e. The molecule has 1 amide bonds. The lowest BCUT2D eigenvalue weighted by atomic mass is 9.82. The van der Waals surface area contributed by atoms with Gasteiger partial charge in [-0.3, -0.25) is 9.59 Å². The lowest BCUT2D eigenvalue weighted by Gasteiger charge is -2.23. The average Bonchev–Trinajstić information content (AvgIpc) is 3.37. The van der Waals surface area contributed by atoms with Crippen LogP contribution in [0.5, 0.6) is 0 Å². The van der Waals surface area contributed by atoms with Gasteiger partial charge in [-0.1, -0.05) is 49.8 Å². The zero-order chi connectivity index (χ0) is 19.8. The molecule has 1 heterocycles. The summed E-state index contributed by atoms with van der Waals surface area (Å²) in [5.74, 6) is -2.30. The van der Waals surface area contributed by atoms with Crippen molar-refractivity contribution >= 4 is 28.3 Å². The summed E-state index contributed by atoms with van der Waals surface area (Å²) in [5, 5.41) is 13.0. The summed E-state index contributed by atoms with van der Waals surface area (Å²) in [7, 11) is 0. The Labute approximate surface area is 168 Å². The van der Waals surface area contributed by atoms with E-state index in [9.17, 15) is 14.7 Å². The number of hydrogen-bond acceptors (Lipinski definition) is 4. The molecular weight excluding hydrogens is 372 g/mol. The fraction of sp³-hybridized carbons (Fsp3) is 0.409. The lowest BCUT2D eigenvalue weighted by molar-refractivity contribution is -0.146. The minimum Gasteiger partial charge on any atom is -0.481 e. The number of carbonyl (C=O) groups excluding carboxylic acids is 1. The van der Waals surface area contributed by atoms with Gasteiger partial charge in [0, 0.05) is 10.4 Å². The van der Waals surface area contributed by atoms with Crippen molar-refractivity contribution in [3.63, 3.8) is 0 Å². The normalized spacial score (nSPS) is 25.2. The summed E-state index contributed by atoms with van der Waals surface area (Å²) in [6.07, 6.45) is 6.86. The molecule has 4 atom stereocenters. The molecule has 2 aliphatic rings. The summed E-state index contributed by atoms with van der Waals surface area (Å²) < 4.78 is 0. The molecule has 1 saturated carbocycles. The molecule has 1 aromatic heterocycles. The van der Waals surface area contributed by atoms with Crippen LogP contribution in [0.2, 0.25) is 0 Å². The molecule has 146 valence electrons. The topological polar surface area (TPSA) is 79.3 Å². The summed E-state index contributed by atoms with van der Waals surface area (Å²) in [5.41, 5.74) is 3.20. The van der Waals surface area contributed by atoms with Crippen molar-refractivity contribution in [1.29, 1.82) is 0 Å². The maximum Gasteiger partial charge on any atom is 0.307 e. The largest absolute Gasteiger partial charge is 0.481 e. The second-order valence-electron chi connectivity index (χ2n) is 7.70. The minimum atomic E-state index is -0.889. The van der Waals surface area contributed by atoms with Gasteiger partial charge in [0.2, 0.25) is 5.91 Å². The maximum atomic E-state index is 12.9. The molecular formula is C22H24N2O3S. The molecule has 6 heteroatoms. The van der Waals surface area contributed by atoms with Crippen molar-refractivity contribution in [1.82, 2.24) is 4.98 Å². The van der Waals surface area contributed by atoms with E-state index in [1.807, 2.05) is 19.1 Å². The predicted molar refractivity (Wildman–Crippen MR) is 110 cm³/mol. The number of aliphatic carboxylic acids is 1. The Bertz CT molecular complexity index is 932. The van der Waals surface area contributed by atoms with E-state index in [0.717, 1.165) is 35.4 Å². The zero-order valence-corrected chi connectivity index (χ0v) is 16.8. The summed E-state index contributed by atoms with van der Waals surface area (Å²) in [6, 6.07) is 8.38. The van der Waals surface area contributed by atoms with Crippen LogP contribution in [0.1, 0.15) is 30.2 Å². The van der Waals surface area contributed by atoms with Crippen LogP contribution in [0, 0.1) is 30.6 Å². The third-order valence-corrected chi connectivity index (χ3v) is 6.73. The second kappa shape index (κ2) is 7.51. The Kier molecular flexibility index (Phi) is 5.06. The van der Waals surface area contributed by atoms with Gasteiger partial charge in [0.25, 0.3) is 0 Å². The van der Waals surface area contributed by atoms with Crippen LogP contribution in [0.4, 0.5) is 5.13 Å². The number of nitrogens with one attached hydrogen (secondary N) is 1. The zero-order valence-electron chi connectivity index (χ0n) is 16.0. The highest BCUT2D eigenvalue weighted by Crippen LogP contribution is 2.48. The number of anilines is 1. The standard InChI is InChI=1S/C22H24N2O3S/c1-3-4-13-5-7-14(8-6-13)19-12(2)28-22(23-19)24-20(25)17-15-9-10-16(11-15)18(17)21(26)27/h5-10,15-18H,3-4,11H2,1-2H3,(H,26,27)(H,23,24,25)/t15-,16-,17-,18-/m0/s1. The second-order valence-corrected chi connectivity index (χ2v) is 8.90. The number of allylic oxidation sites excluding steroid dienone is 2. The highest BCUT2D eigenvalue weighted by molar-refractivity contribution is 7.16. The Hall–Kier alpha value is -2.47. The lowest BCUT2D eigenvalue weighted by Crippen LogP contribution is -2.36. The van der Waals surface area contributed by atoms with Gasteiger partial charge in [0.05, 0.1) is 17.5 Å². The number of carboxylic acid groups (broad SMARTS) is 1. The van der Waals surface area contributed by atoms with Crippen LogP contribution in [-0.2, 0) is 16.0 Å².